The number of methoxy groups -OCH3 is 1. The van der Waals surface area contributed by atoms with Crippen LogP contribution in [0.25, 0.3) is 0 Å². The van der Waals surface area contributed by atoms with Gasteiger partial charge in [0, 0.05) is 25.8 Å². The van der Waals surface area contributed by atoms with Gasteiger partial charge in [-0.3, -0.25) is 9.69 Å². The predicted molar refractivity (Wildman–Crippen MR) is 126 cm³/mol. The van der Waals surface area contributed by atoms with E-state index in [1.54, 1.807) is 31.4 Å². The highest BCUT2D eigenvalue weighted by molar-refractivity contribution is 5.97. The molecule has 1 amide bonds. The summed E-state index contributed by atoms with van der Waals surface area (Å²) in [5.74, 6) is -3.23. The van der Waals surface area contributed by atoms with Gasteiger partial charge in [0.15, 0.2) is 5.78 Å². The number of carbonyl (C=O) groups excluding carboxylic acids is 3. The van der Waals surface area contributed by atoms with Crippen molar-refractivity contribution in [1.82, 2.24) is 9.80 Å². The highest BCUT2D eigenvalue weighted by Gasteiger charge is 2.43. The molecule has 1 fully saturated rings. The van der Waals surface area contributed by atoms with Crippen LogP contribution < -0.4 is 0 Å². The lowest BCUT2D eigenvalue weighted by molar-refractivity contribution is -0.273. The number of nitrogens with zero attached hydrogens (tertiary/aromatic N) is 2. The predicted octanol–water partition coefficient (Wildman–Crippen LogP) is 4.53. The lowest BCUT2D eigenvalue weighted by Crippen LogP contribution is -2.42. The van der Waals surface area contributed by atoms with Crippen LogP contribution in [-0.2, 0) is 32.5 Å². The molecular formula is C26H28F4N2O6. The molecule has 8 nitrogen and oxygen atoms in total. The van der Waals surface area contributed by atoms with Gasteiger partial charge in [-0.15, -0.1) is 0 Å². The second kappa shape index (κ2) is 13.3. The first-order valence-corrected chi connectivity index (χ1v) is 11.9. The van der Waals surface area contributed by atoms with Crippen LogP contribution in [0.3, 0.4) is 0 Å². The normalized spacial score (nSPS) is 14.7. The van der Waals surface area contributed by atoms with E-state index >= 15 is 0 Å². The summed E-state index contributed by atoms with van der Waals surface area (Å²) in [5.41, 5.74) is 1.99. The van der Waals surface area contributed by atoms with Crippen molar-refractivity contribution in [2.24, 2.45) is 5.92 Å². The fourth-order valence-electron chi connectivity index (χ4n) is 4.07. The standard InChI is InChI=1S/C26H28F4N2O6/c1-36-17-20-4-2-18(3-5-20)14-32(25(35)38-37-24(34)26(28,29)30)15-19-10-12-31(13-11-19)16-23(33)21-6-8-22(27)9-7-21/h2-9,19H,10-17H2,1H3. The number of ether oxygens (including phenoxy) is 1. The van der Waals surface area contributed by atoms with Crippen LogP contribution in [0, 0.1) is 11.7 Å². The summed E-state index contributed by atoms with van der Waals surface area (Å²) in [6, 6.07) is 12.4. The van der Waals surface area contributed by atoms with E-state index in [1.165, 1.54) is 29.2 Å². The largest absolute Gasteiger partial charge is 0.495 e. The van der Waals surface area contributed by atoms with Crippen LogP contribution in [0.5, 0.6) is 0 Å². The Morgan fingerprint density at radius 3 is 2.13 bits per heavy atom. The van der Waals surface area contributed by atoms with Gasteiger partial charge < -0.3 is 9.64 Å². The number of rotatable bonds is 9. The zero-order chi connectivity index (χ0) is 27.7. The molecular weight excluding hydrogens is 512 g/mol. The molecule has 38 heavy (non-hydrogen) atoms. The number of halogens is 4. The van der Waals surface area contributed by atoms with Crippen LogP contribution in [-0.4, -0.2) is 67.1 Å². The summed E-state index contributed by atoms with van der Waals surface area (Å²) >= 11 is 0. The van der Waals surface area contributed by atoms with Crippen molar-refractivity contribution in [2.75, 3.05) is 33.3 Å². The molecule has 0 radical (unpaired) electrons. The van der Waals surface area contributed by atoms with Crippen LogP contribution in [0.15, 0.2) is 48.5 Å². The van der Waals surface area contributed by atoms with E-state index < -0.39 is 24.1 Å². The lowest BCUT2D eigenvalue weighted by atomic mass is 9.95. The summed E-state index contributed by atoms with van der Waals surface area (Å²) in [6.07, 6.45) is -5.32. The Balaban J connectivity index is 1.59. The third kappa shape index (κ3) is 8.80. The van der Waals surface area contributed by atoms with Gasteiger partial charge in [-0.25, -0.2) is 23.8 Å². The summed E-state index contributed by atoms with van der Waals surface area (Å²) in [6.45, 7) is 1.80. The number of carbonyl (C=O) groups is 3. The van der Waals surface area contributed by atoms with E-state index in [4.69, 9.17) is 4.74 Å². The molecule has 0 atom stereocenters. The molecule has 1 aliphatic heterocycles. The SMILES string of the molecule is COCc1ccc(CN(CC2CCN(CC(=O)c3ccc(F)cc3)CC2)C(=O)OOC(=O)C(F)(F)F)cc1. The Hall–Kier alpha value is -3.51. The number of likely N-dealkylation sites (tertiary alicyclic amines) is 1. The van der Waals surface area contributed by atoms with Crippen molar-refractivity contribution in [1.29, 1.82) is 0 Å². The number of Topliss-reactive ketones (excluding diaryl/α,β-unsaturated/α-hetero) is 1. The molecule has 0 N–H and O–H groups in total. The Morgan fingerprint density at radius 2 is 1.55 bits per heavy atom. The molecule has 0 aliphatic carbocycles. The van der Waals surface area contributed by atoms with Gasteiger partial charge in [0.2, 0.25) is 0 Å². The monoisotopic (exact) mass is 540 g/mol. The minimum absolute atomic E-state index is 0.0128. The Labute approximate surface area is 217 Å². The van der Waals surface area contributed by atoms with E-state index in [0.717, 1.165) is 5.56 Å². The van der Waals surface area contributed by atoms with Crippen molar-refractivity contribution in [3.63, 3.8) is 0 Å². The zero-order valence-corrected chi connectivity index (χ0v) is 20.7. The molecule has 0 unspecified atom stereocenters. The molecule has 2 aromatic rings. The fourth-order valence-corrected chi connectivity index (χ4v) is 4.07. The van der Waals surface area contributed by atoms with Crippen molar-refractivity contribution in [3.05, 3.63) is 71.0 Å². The number of hydrogen-bond acceptors (Lipinski definition) is 7. The third-order valence-electron chi connectivity index (χ3n) is 6.10. The third-order valence-corrected chi connectivity index (χ3v) is 6.10. The zero-order valence-electron chi connectivity index (χ0n) is 20.7. The molecule has 0 bridgehead atoms. The minimum atomic E-state index is -5.31. The molecule has 1 saturated heterocycles. The minimum Gasteiger partial charge on any atom is -0.380 e. The maximum Gasteiger partial charge on any atom is 0.495 e. The molecule has 12 heteroatoms. The Morgan fingerprint density at radius 1 is 0.947 bits per heavy atom. The van der Waals surface area contributed by atoms with Gasteiger partial charge in [-0.2, -0.15) is 13.2 Å². The second-order valence-corrected chi connectivity index (χ2v) is 9.00. The fraction of sp³-hybridized carbons (Fsp3) is 0.423. The highest BCUT2D eigenvalue weighted by Crippen LogP contribution is 2.22. The van der Waals surface area contributed by atoms with Crippen LogP contribution in [0.1, 0.15) is 34.3 Å². The molecule has 206 valence electrons. The van der Waals surface area contributed by atoms with Gasteiger partial charge >= 0.3 is 18.2 Å². The van der Waals surface area contributed by atoms with Crippen molar-refractivity contribution >= 4 is 17.8 Å². The summed E-state index contributed by atoms with van der Waals surface area (Å²) in [7, 11) is 1.55. The van der Waals surface area contributed by atoms with Crippen molar-refractivity contribution in [2.45, 2.75) is 32.2 Å². The number of hydrogen-bond donors (Lipinski definition) is 0. The lowest BCUT2D eigenvalue weighted by Gasteiger charge is -2.34. The Bertz CT molecular complexity index is 1080. The molecule has 1 aliphatic rings. The number of alkyl halides is 3. The number of piperidine rings is 1. The topological polar surface area (TPSA) is 85.4 Å². The Kier molecular flexibility index (Phi) is 10.2. The van der Waals surface area contributed by atoms with Crippen LogP contribution in [0.2, 0.25) is 0 Å². The molecule has 2 aromatic carbocycles. The summed E-state index contributed by atoms with van der Waals surface area (Å²) in [5, 5.41) is 0. The molecule has 1 heterocycles. The maximum absolute atomic E-state index is 13.1. The van der Waals surface area contributed by atoms with E-state index in [0.29, 0.717) is 43.7 Å². The van der Waals surface area contributed by atoms with Gasteiger partial charge in [0.05, 0.1) is 13.2 Å². The first-order valence-electron chi connectivity index (χ1n) is 11.9. The van der Waals surface area contributed by atoms with E-state index in [1.807, 2.05) is 4.90 Å². The summed E-state index contributed by atoms with van der Waals surface area (Å²) < 4.78 is 55.5. The highest BCUT2D eigenvalue weighted by atomic mass is 19.4. The second-order valence-electron chi connectivity index (χ2n) is 9.00. The van der Waals surface area contributed by atoms with Crippen molar-refractivity contribution < 1.29 is 46.5 Å². The van der Waals surface area contributed by atoms with Gasteiger partial charge in [-0.1, -0.05) is 24.3 Å². The smallest absolute Gasteiger partial charge is 0.380 e. The van der Waals surface area contributed by atoms with E-state index in [9.17, 15) is 31.9 Å². The first kappa shape index (κ1) is 29.1. The number of benzene rings is 2. The van der Waals surface area contributed by atoms with E-state index in [2.05, 4.69) is 9.78 Å². The average Bonchev–Trinajstić information content (AvgIpc) is 2.88. The van der Waals surface area contributed by atoms with Gasteiger partial charge in [0.1, 0.15) is 5.82 Å². The van der Waals surface area contributed by atoms with Crippen LogP contribution >= 0.6 is 0 Å². The number of ketones is 1. The van der Waals surface area contributed by atoms with E-state index in [-0.39, 0.29) is 31.3 Å². The van der Waals surface area contributed by atoms with Gasteiger partial charge in [-0.05, 0) is 67.2 Å². The average molecular weight is 541 g/mol. The summed E-state index contributed by atoms with van der Waals surface area (Å²) in [4.78, 5) is 47.1. The van der Waals surface area contributed by atoms with Crippen LogP contribution in [0.4, 0.5) is 22.4 Å². The quantitative estimate of drug-likeness (QED) is 0.200. The first-order chi connectivity index (χ1) is 18.0. The number of amides is 1. The molecule has 0 spiro atoms. The molecule has 3 rings (SSSR count). The molecule has 0 saturated carbocycles. The maximum atomic E-state index is 13.1. The van der Waals surface area contributed by atoms with Gasteiger partial charge in [0.25, 0.3) is 0 Å². The molecule has 0 aromatic heterocycles. The van der Waals surface area contributed by atoms with Crippen molar-refractivity contribution in [3.8, 4) is 0 Å².